The fourth-order valence-electron chi connectivity index (χ4n) is 10.2. The van der Waals surface area contributed by atoms with E-state index in [4.69, 9.17) is 15.0 Å². The van der Waals surface area contributed by atoms with Gasteiger partial charge in [-0.15, -0.1) is 11.3 Å². The highest BCUT2D eigenvalue weighted by Gasteiger charge is 2.37. The second-order valence-electron chi connectivity index (χ2n) is 16.0. The Morgan fingerprint density at radius 2 is 1.71 bits per heavy atom. The normalized spacial score (nSPS) is 23.7. The summed E-state index contributed by atoms with van der Waals surface area (Å²) in [7, 11) is 0. The maximum absolute atomic E-state index is 11.0. The molecule has 6 aliphatic rings. The first-order chi connectivity index (χ1) is 27.4. The summed E-state index contributed by atoms with van der Waals surface area (Å²) in [6, 6.07) is 17.5. The van der Waals surface area contributed by atoms with Crippen molar-refractivity contribution < 1.29 is 15.3 Å². The number of para-hydroxylation sites is 1. The van der Waals surface area contributed by atoms with E-state index >= 15 is 0 Å². The SMILES string of the molecule is CC1=C(c2nc(C3C=Cc4c(sc5c4=C(n4c6c(c7ccccc74)C=CCC6)CCC=5)C3)nc(C3CC=CC4=C3Cc3ccccc34)n2)C(C)C(O)C(O)=C1O. The standard InChI is InChI=1S/C48H42N4O3S/c1-25-41(26(2)44(54)45(55)43(25)53)48-50-46(49-47(51-48)33-16-9-15-30-29-12-4-3-11-27(29)23-35(30)33)28-21-22-34-40(24-28)56-39-20-10-19-38(42(34)39)52-36-17-7-5-13-31(36)32-14-6-8-18-37(32)52/h3-7,9,11-15,17,20-22,25,28,33,43,53-55H,8,10,16,18-19,23-24H2,1-2H3. The minimum absolute atomic E-state index is 0.0359. The topological polar surface area (TPSA) is 104 Å². The molecule has 2 aromatic carbocycles. The average Bonchev–Trinajstić information content (AvgIpc) is 3.91. The molecule has 0 fully saturated rings. The summed E-state index contributed by atoms with van der Waals surface area (Å²) in [5, 5.41) is 35.2. The Labute approximate surface area is 329 Å². The van der Waals surface area contributed by atoms with Crippen molar-refractivity contribution in [2.45, 2.75) is 76.7 Å². The van der Waals surface area contributed by atoms with Gasteiger partial charge in [0.25, 0.3) is 0 Å². The van der Waals surface area contributed by atoms with E-state index in [9.17, 15) is 15.3 Å². The Balaban J connectivity index is 1.05. The van der Waals surface area contributed by atoms with Crippen molar-refractivity contribution in [2.24, 2.45) is 5.92 Å². The van der Waals surface area contributed by atoms with Gasteiger partial charge in [0.2, 0.25) is 0 Å². The molecule has 4 unspecified atom stereocenters. The van der Waals surface area contributed by atoms with Gasteiger partial charge in [-0.3, -0.25) is 0 Å². The molecule has 0 radical (unpaired) electrons. The number of hydrogen-bond donors (Lipinski definition) is 3. The molecule has 8 heteroatoms. The Hall–Kier alpha value is -5.57. The van der Waals surface area contributed by atoms with Crippen LogP contribution in [0.4, 0.5) is 0 Å². The van der Waals surface area contributed by atoms with Crippen LogP contribution in [0.15, 0.2) is 95.5 Å². The Morgan fingerprint density at radius 1 is 0.875 bits per heavy atom. The van der Waals surface area contributed by atoms with Crippen molar-refractivity contribution in [3.05, 3.63) is 156 Å². The number of fused-ring (bicyclic) bond motifs is 8. The zero-order chi connectivity index (χ0) is 37.8. The van der Waals surface area contributed by atoms with Crippen molar-refractivity contribution in [1.29, 1.82) is 0 Å². The van der Waals surface area contributed by atoms with Gasteiger partial charge in [0, 0.05) is 65.9 Å². The maximum Gasteiger partial charge on any atom is 0.164 e. The molecule has 0 aliphatic heterocycles. The van der Waals surface area contributed by atoms with E-state index < -0.39 is 17.8 Å². The van der Waals surface area contributed by atoms with Gasteiger partial charge >= 0.3 is 0 Å². The largest absolute Gasteiger partial charge is 0.506 e. The van der Waals surface area contributed by atoms with Crippen LogP contribution in [0, 0.1) is 5.92 Å². The number of benzene rings is 2. The fraction of sp³-hybridized carbons (Fsp3) is 0.271. The highest BCUT2D eigenvalue weighted by atomic mass is 32.1. The number of thiophene rings is 1. The third-order valence-corrected chi connectivity index (χ3v) is 14.2. The third kappa shape index (κ3) is 4.95. The van der Waals surface area contributed by atoms with Gasteiger partial charge in [0.15, 0.2) is 17.3 Å². The summed E-state index contributed by atoms with van der Waals surface area (Å²) in [5.41, 5.74) is 13.0. The maximum atomic E-state index is 11.0. The number of allylic oxidation sites excluding steroid dienone is 7. The zero-order valence-corrected chi connectivity index (χ0v) is 32.3. The van der Waals surface area contributed by atoms with Gasteiger partial charge in [0.1, 0.15) is 17.8 Å². The van der Waals surface area contributed by atoms with Gasteiger partial charge in [-0.2, -0.15) is 0 Å². The van der Waals surface area contributed by atoms with Gasteiger partial charge in [-0.25, -0.2) is 15.0 Å². The Morgan fingerprint density at radius 3 is 2.62 bits per heavy atom. The third-order valence-electron chi connectivity index (χ3n) is 12.9. The van der Waals surface area contributed by atoms with Crippen LogP contribution < -0.4 is 9.75 Å². The lowest BCUT2D eigenvalue weighted by atomic mass is 9.83. The zero-order valence-electron chi connectivity index (χ0n) is 31.5. The van der Waals surface area contributed by atoms with Crippen LogP contribution in [0.5, 0.6) is 0 Å². The van der Waals surface area contributed by atoms with Crippen LogP contribution in [0.3, 0.4) is 0 Å². The molecule has 278 valence electrons. The first-order valence-corrected chi connectivity index (χ1v) is 20.7. The highest BCUT2D eigenvalue weighted by molar-refractivity contribution is 7.10. The molecule has 0 bridgehead atoms. The highest BCUT2D eigenvalue weighted by Crippen LogP contribution is 2.46. The molecule has 4 atom stereocenters. The fourth-order valence-corrected chi connectivity index (χ4v) is 11.5. The first-order valence-electron chi connectivity index (χ1n) is 19.9. The molecular weight excluding hydrogens is 713 g/mol. The Kier molecular flexibility index (Phi) is 7.67. The lowest BCUT2D eigenvalue weighted by Gasteiger charge is -2.29. The molecule has 6 aliphatic carbocycles. The number of hydrogen-bond acceptors (Lipinski definition) is 7. The van der Waals surface area contributed by atoms with E-state index in [1.54, 1.807) is 6.92 Å². The monoisotopic (exact) mass is 754 g/mol. The molecule has 56 heavy (non-hydrogen) atoms. The summed E-state index contributed by atoms with van der Waals surface area (Å²) >= 11 is 1.90. The second-order valence-corrected chi connectivity index (χ2v) is 17.2. The minimum atomic E-state index is -1.26. The summed E-state index contributed by atoms with van der Waals surface area (Å²) < 4.78 is 3.93. The van der Waals surface area contributed by atoms with E-state index in [2.05, 4.69) is 95.6 Å². The van der Waals surface area contributed by atoms with E-state index in [1.165, 1.54) is 70.3 Å². The van der Waals surface area contributed by atoms with Crippen LogP contribution >= 0.6 is 11.3 Å². The number of rotatable bonds is 4. The molecule has 11 rings (SSSR count). The van der Waals surface area contributed by atoms with Crippen molar-refractivity contribution in [1.82, 2.24) is 19.5 Å². The summed E-state index contributed by atoms with van der Waals surface area (Å²) in [4.78, 5) is 17.0. The van der Waals surface area contributed by atoms with Crippen molar-refractivity contribution in [3.63, 3.8) is 0 Å². The lowest BCUT2D eigenvalue weighted by Crippen LogP contribution is -2.30. The smallest absolute Gasteiger partial charge is 0.164 e. The van der Waals surface area contributed by atoms with Crippen LogP contribution in [0.1, 0.15) is 102 Å². The number of aliphatic hydroxyl groups excluding tert-OH is 3. The molecule has 0 saturated heterocycles. The molecule has 3 heterocycles. The summed E-state index contributed by atoms with van der Waals surface area (Å²) in [6.07, 6.45) is 21.3. The van der Waals surface area contributed by atoms with Gasteiger partial charge < -0.3 is 19.9 Å². The molecule has 5 aromatic rings. The molecular formula is C48H42N4O3S. The predicted octanol–water partition coefficient (Wildman–Crippen LogP) is 8.60. The van der Waals surface area contributed by atoms with Gasteiger partial charge in [0.05, 0.1) is 5.52 Å². The lowest BCUT2D eigenvalue weighted by molar-refractivity contribution is 0.110. The van der Waals surface area contributed by atoms with Crippen LogP contribution in [0.25, 0.3) is 46.0 Å². The summed E-state index contributed by atoms with van der Waals surface area (Å²) in [5.74, 6) is 0.475. The molecule has 0 saturated carbocycles. The molecule has 7 nitrogen and oxygen atoms in total. The number of aliphatic hydroxyl groups is 3. The van der Waals surface area contributed by atoms with Crippen LogP contribution in [0.2, 0.25) is 0 Å². The van der Waals surface area contributed by atoms with Crippen molar-refractivity contribution >= 4 is 57.3 Å². The van der Waals surface area contributed by atoms with E-state index in [0.717, 1.165) is 44.9 Å². The van der Waals surface area contributed by atoms with E-state index in [1.807, 2.05) is 18.3 Å². The minimum Gasteiger partial charge on any atom is -0.506 e. The van der Waals surface area contributed by atoms with E-state index in [0.29, 0.717) is 28.6 Å². The molecule has 0 spiro atoms. The molecule has 3 N–H and O–H groups in total. The van der Waals surface area contributed by atoms with Crippen LogP contribution in [-0.4, -0.2) is 40.9 Å². The predicted molar refractivity (Wildman–Crippen MR) is 224 cm³/mol. The summed E-state index contributed by atoms with van der Waals surface area (Å²) in [6.45, 7) is 3.61. The molecule has 3 aromatic heterocycles. The average molecular weight is 755 g/mol. The Bertz CT molecular complexity index is 2880. The first kappa shape index (κ1) is 33.7. The van der Waals surface area contributed by atoms with Gasteiger partial charge in [-0.05, 0) is 85.8 Å². The quantitative estimate of drug-likeness (QED) is 0.170. The van der Waals surface area contributed by atoms with Gasteiger partial charge in [-0.1, -0.05) is 91.9 Å². The van der Waals surface area contributed by atoms with Crippen molar-refractivity contribution in [2.75, 3.05) is 0 Å². The number of nitrogens with zero attached hydrogens (tertiary/aromatic N) is 4. The van der Waals surface area contributed by atoms with Crippen LogP contribution in [-0.2, 0) is 19.3 Å². The van der Waals surface area contributed by atoms with E-state index in [-0.39, 0.29) is 17.6 Å². The molecule has 0 amide bonds. The van der Waals surface area contributed by atoms with Crippen molar-refractivity contribution in [3.8, 4) is 0 Å². The second kappa shape index (κ2) is 12.7. The number of aromatic nitrogens is 4.